The van der Waals surface area contributed by atoms with Crippen molar-refractivity contribution in [1.29, 1.82) is 0 Å². The minimum absolute atomic E-state index is 0.0491. The van der Waals surface area contributed by atoms with Gasteiger partial charge < -0.3 is 4.98 Å². The maximum atomic E-state index is 12.7. The number of nitrogens with zero attached hydrogens (tertiary/aromatic N) is 3. The lowest BCUT2D eigenvalue weighted by Gasteiger charge is -2.10. The Morgan fingerprint density at radius 3 is 2.74 bits per heavy atom. The lowest BCUT2D eigenvalue weighted by atomic mass is 10.2. The SMILES string of the molecule is CCn1c(SCc2nc3sc(C)c(C)c3c(=O)[nH]2)nc2ccccc2c1=O. The second-order valence-electron chi connectivity index (χ2n) is 6.23. The number of nitrogens with one attached hydrogen (secondary N) is 1. The molecule has 3 aromatic heterocycles. The number of aromatic nitrogens is 4. The Morgan fingerprint density at radius 1 is 1.19 bits per heavy atom. The van der Waals surface area contributed by atoms with E-state index in [0.717, 1.165) is 15.3 Å². The smallest absolute Gasteiger partial charge is 0.262 e. The molecule has 0 unspecified atom stereocenters. The minimum atomic E-state index is -0.114. The molecule has 6 nitrogen and oxygen atoms in total. The predicted molar refractivity (Wildman–Crippen MR) is 111 cm³/mol. The van der Waals surface area contributed by atoms with Crippen LogP contribution in [0.4, 0.5) is 0 Å². The number of hydrogen-bond donors (Lipinski definition) is 1. The zero-order valence-corrected chi connectivity index (χ0v) is 16.8. The van der Waals surface area contributed by atoms with E-state index in [1.54, 1.807) is 10.6 Å². The van der Waals surface area contributed by atoms with Gasteiger partial charge in [0, 0.05) is 11.4 Å². The van der Waals surface area contributed by atoms with Crippen LogP contribution < -0.4 is 11.1 Å². The Balaban J connectivity index is 1.72. The van der Waals surface area contributed by atoms with Gasteiger partial charge in [-0.25, -0.2) is 9.97 Å². The number of fused-ring (bicyclic) bond motifs is 2. The molecule has 0 fully saturated rings. The van der Waals surface area contributed by atoms with Gasteiger partial charge in [0.25, 0.3) is 11.1 Å². The van der Waals surface area contributed by atoms with Gasteiger partial charge in [-0.3, -0.25) is 14.2 Å². The molecular formula is C19H18N4O2S2. The van der Waals surface area contributed by atoms with Crippen LogP contribution in [0, 0.1) is 13.8 Å². The Labute approximate surface area is 163 Å². The van der Waals surface area contributed by atoms with Crippen LogP contribution in [0.3, 0.4) is 0 Å². The molecular weight excluding hydrogens is 380 g/mol. The van der Waals surface area contributed by atoms with Gasteiger partial charge in [0.05, 0.1) is 22.0 Å². The van der Waals surface area contributed by atoms with E-state index in [-0.39, 0.29) is 11.1 Å². The minimum Gasteiger partial charge on any atom is -0.309 e. The highest BCUT2D eigenvalue weighted by Crippen LogP contribution is 2.27. The van der Waals surface area contributed by atoms with E-state index in [1.807, 2.05) is 39.0 Å². The fraction of sp³-hybridized carbons (Fsp3) is 0.263. The normalized spacial score (nSPS) is 11.5. The summed E-state index contributed by atoms with van der Waals surface area (Å²) in [5.41, 5.74) is 1.50. The van der Waals surface area contributed by atoms with Crippen LogP contribution in [-0.4, -0.2) is 19.5 Å². The van der Waals surface area contributed by atoms with Gasteiger partial charge in [-0.2, -0.15) is 0 Å². The molecule has 0 aliphatic heterocycles. The molecule has 4 rings (SSSR count). The van der Waals surface area contributed by atoms with Crippen molar-refractivity contribution in [1.82, 2.24) is 19.5 Å². The van der Waals surface area contributed by atoms with E-state index < -0.39 is 0 Å². The quantitative estimate of drug-likeness (QED) is 0.419. The summed E-state index contributed by atoms with van der Waals surface area (Å²) in [5, 5.41) is 1.91. The van der Waals surface area contributed by atoms with Gasteiger partial charge in [-0.05, 0) is 38.5 Å². The van der Waals surface area contributed by atoms with Gasteiger partial charge in [-0.15, -0.1) is 11.3 Å². The van der Waals surface area contributed by atoms with E-state index in [1.165, 1.54) is 23.1 Å². The Morgan fingerprint density at radius 2 is 1.96 bits per heavy atom. The lowest BCUT2D eigenvalue weighted by molar-refractivity contribution is 0.634. The van der Waals surface area contributed by atoms with Crippen LogP contribution in [0.1, 0.15) is 23.2 Å². The Hall–Kier alpha value is -2.45. The summed E-state index contributed by atoms with van der Waals surface area (Å²) >= 11 is 2.94. The van der Waals surface area contributed by atoms with Crippen LogP contribution in [0.15, 0.2) is 39.0 Å². The molecule has 138 valence electrons. The molecule has 3 heterocycles. The summed E-state index contributed by atoms with van der Waals surface area (Å²) < 4.78 is 1.66. The molecule has 0 amide bonds. The van der Waals surface area contributed by atoms with Crippen molar-refractivity contribution in [3.8, 4) is 0 Å². The molecule has 0 atom stereocenters. The molecule has 0 spiro atoms. The second-order valence-corrected chi connectivity index (χ2v) is 8.37. The van der Waals surface area contributed by atoms with Crippen molar-refractivity contribution < 1.29 is 0 Å². The van der Waals surface area contributed by atoms with Crippen molar-refractivity contribution in [3.63, 3.8) is 0 Å². The monoisotopic (exact) mass is 398 g/mol. The van der Waals surface area contributed by atoms with Gasteiger partial charge >= 0.3 is 0 Å². The van der Waals surface area contributed by atoms with Gasteiger partial charge in [-0.1, -0.05) is 23.9 Å². The van der Waals surface area contributed by atoms with Gasteiger partial charge in [0.2, 0.25) is 0 Å². The molecule has 0 aliphatic carbocycles. The number of thiophene rings is 1. The number of rotatable bonds is 4. The van der Waals surface area contributed by atoms with E-state index >= 15 is 0 Å². The molecule has 0 bridgehead atoms. The fourth-order valence-electron chi connectivity index (χ4n) is 3.04. The van der Waals surface area contributed by atoms with Crippen LogP contribution >= 0.6 is 23.1 Å². The van der Waals surface area contributed by atoms with Gasteiger partial charge in [0.1, 0.15) is 10.7 Å². The highest BCUT2D eigenvalue weighted by Gasteiger charge is 2.14. The molecule has 0 radical (unpaired) electrons. The summed E-state index contributed by atoms with van der Waals surface area (Å²) in [6, 6.07) is 7.34. The third-order valence-corrected chi connectivity index (χ3v) is 6.66. The van der Waals surface area contributed by atoms with Crippen LogP contribution in [0.5, 0.6) is 0 Å². The molecule has 0 saturated carbocycles. The summed E-state index contributed by atoms with van der Waals surface area (Å²) in [5.74, 6) is 1.02. The van der Waals surface area contributed by atoms with Crippen LogP contribution in [0.25, 0.3) is 21.1 Å². The number of para-hydroxylation sites is 1. The van der Waals surface area contributed by atoms with E-state index in [0.29, 0.717) is 39.6 Å². The first kappa shape index (κ1) is 17.9. The first-order valence-corrected chi connectivity index (χ1v) is 10.4. The molecule has 8 heteroatoms. The summed E-state index contributed by atoms with van der Waals surface area (Å²) in [7, 11) is 0. The maximum absolute atomic E-state index is 12.7. The van der Waals surface area contributed by atoms with E-state index in [9.17, 15) is 9.59 Å². The van der Waals surface area contributed by atoms with Crippen molar-refractivity contribution in [2.45, 2.75) is 38.2 Å². The lowest BCUT2D eigenvalue weighted by Crippen LogP contribution is -2.22. The maximum Gasteiger partial charge on any atom is 0.262 e. The Kier molecular flexibility index (Phi) is 4.61. The van der Waals surface area contributed by atoms with E-state index in [2.05, 4.69) is 15.0 Å². The topological polar surface area (TPSA) is 80.6 Å². The third-order valence-electron chi connectivity index (χ3n) is 4.57. The van der Waals surface area contributed by atoms with Crippen molar-refractivity contribution >= 4 is 44.2 Å². The largest absolute Gasteiger partial charge is 0.309 e. The van der Waals surface area contributed by atoms with Crippen molar-refractivity contribution in [2.24, 2.45) is 0 Å². The molecule has 1 aromatic carbocycles. The van der Waals surface area contributed by atoms with Gasteiger partial charge in [0.15, 0.2) is 5.16 Å². The summed E-state index contributed by atoms with van der Waals surface area (Å²) in [4.78, 5) is 39.1. The predicted octanol–water partition coefficient (Wildman–Crippen LogP) is 3.62. The number of H-pyrrole nitrogens is 1. The molecule has 1 N–H and O–H groups in total. The van der Waals surface area contributed by atoms with E-state index in [4.69, 9.17) is 0 Å². The second kappa shape index (κ2) is 6.94. The standard InChI is InChI=1S/C19H18N4O2S2/c1-4-23-18(25)12-7-5-6-8-13(12)20-19(23)26-9-14-21-16(24)15-10(2)11(3)27-17(15)22-14/h5-8H,4,9H2,1-3H3,(H,21,22,24). The highest BCUT2D eigenvalue weighted by atomic mass is 32.2. The molecule has 27 heavy (non-hydrogen) atoms. The fourth-order valence-corrected chi connectivity index (χ4v) is 5.02. The number of hydrogen-bond acceptors (Lipinski definition) is 6. The average molecular weight is 399 g/mol. The van der Waals surface area contributed by atoms with Crippen LogP contribution in [0.2, 0.25) is 0 Å². The number of benzene rings is 1. The zero-order chi connectivity index (χ0) is 19.1. The van der Waals surface area contributed by atoms with Crippen molar-refractivity contribution in [3.05, 3.63) is 61.2 Å². The molecule has 4 aromatic rings. The summed E-state index contributed by atoms with van der Waals surface area (Å²) in [6.07, 6.45) is 0. The van der Waals surface area contributed by atoms with Crippen LogP contribution in [-0.2, 0) is 12.3 Å². The average Bonchev–Trinajstić information content (AvgIpc) is 2.94. The Bertz CT molecular complexity index is 1290. The summed E-state index contributed by atoms with van der Waals surface area (Å²) in [6.45, 7) is 6.39. The first-order valence-electron chi connectivity index (χ1n) is 8.61. The third kappa shape index (κ3) is 3.08. The number of thioether (sulfide) groups is 1. The van der Waals surface area contributed by atoms with Crippen molar-refractivity contribution in [2.75, 3.05) is 0 Å². The number of aryl methyl sites for hydroxylation is 2. The molecule has 0 saturated heterocycles. The first-order chi connectivity index (χ1) is 13.0. The zero-order valence-electron chi connectivity index (χ0n) is 15.2. The molecule has 0 aliphatic rings. The highest BCUT2D eigenvalue weighted by molar-refractivity contribution is 7.98. The number of aromatic amines is 1.